The van der Waals surface area contributed by atoms with Crippen molar-refractivity contribution in [1.82, 2.24) is 0 Å². The quantitative estimate of drug-likeness (QED) is 0.304. The number of azo groups is 2. The van der Waals surface area contributed by atoms with Crippen LogP contribution in [0.5, 0.6) is 0 Å². The lowest BCUT2D eigenvalue weighted by atomic mass is 10.1. The minimum absolute atomic E-state index is 0.0303. The Bertz CT molecular complexity index is 877. The number of hydrogen-bond acceptors (Lipinski definition) is 6. The first-order valence-corrected chi connectivity index (χ1v) is 7.88. The van der Waals surface area contributed by atoms with Crippen LogP contribution < -0.4 is 0 Å². The Morgan fingerprint density at radius 2 is 1.27 bits per heavy atom. The molecule has 0 heterocycles. The second-order valence-electron chi connectivity index (χ2n) is 5.33. The molecule has 26 heavy (non-hydrogen) atoms. The number of non-ortho nitro benzene ring substituents is 1. The molecule has 3 aromatic rings. The van der Waals surface area contributed by atoms with Crippen LogP contribution >= 0.6 is 0 Å². The highest BCUT2D eigenvalue weighted by molar-refractivity contribution is 5.38. The van der Waals surface area contributed by atoms with Gasteiger partial charge in [0.05, 0.1) is 16.3 Å². The number of nitro groups is 1. The van der Waals surface area contributed by atoms with Gasteiger partial charge in [-0.1, -0.05) is 48.5 Å². The van der Waals surface area contributed by atoms with Crippen LogP contribution in [0.2, 0.25) is 0 Å². The molecule has 0 fully saturated rings. The van der Waals surface area contributed by atoms with Gasteiger partial charge in [-0.3, -0.25) is 10.1 Å². The molecule has 3 rings (SSSR count). The molecular weight excluding hydrogens is 330 g/mol. The Balaban J connectivity index is 1.93. The zero-order valence-electron chi connectivity index (χ0n) is 13.7. The first-order chi connectivity index (χ1) is 12.7. The van der Waals surface area contributed by atoms with E-state index in [0.717, 1.165) is 0 Å². The molecule has 0 bridgehead atoms. The lowest BCUT2D eigenvalue weighted by Gasteiger charge is -2.05. The molecule has 0 aliphatic rings. The fourth-order valence-corrected chi connectivity index (χ4v) is 2.19. The summed E-state index contributed by atoms with van der Waals surface area (Å²) in [5.41, 5.74) is 1.84. The Morgan fingerprint density at radius 1 is 0.731 bits per heavy atom. The highest BCUT2D eigenvalue weighted by Gasteiger charge is 2.14. The van der Waals surface area contributed by atoms with E-state index >= 15 is 0 Å². The molecule has 0 atom stereocenters. The van der Waals surface area contributed by atoms with Gasteiger partial charge in [-0.15, -0.1) is 0 Å². The number of nitrogens with zero attached hydrogens (tertiary/aromatic N) is 5. The smallest absolute Gasteiger partial charge is 0.258 e. The monoisotopic (exact) mass is 345 g/mol. The summed E-state index contributed by atoms with van der Waals surface area (Å²) in [5.74, 6) is 0. The second kappa shape index (κ2) is 8.39. The standard InChI is InChI=1S/C19H15N5O2/c25-24(26)18-13-7-8-15(14-18)19(22-20-16-9-3-1-4-10-16)23-21-17-11-5-2-6-12-17/h1-14,19H. The van der Waals surface area contributed by atoms with Crippen molar-refractivity contribution in [2.75, 3.05) is 0 Å². The first kappa shape index (κ1) is 17.1. The summed E-state index contributed by atoms with van der Waals surface area (Å²) in [6.07, 6.45) is -0.782. The molecule has 0 spiro atoms. The van der Waals surface area contributed by atoms with Gasteiger partial charge in [0.25, 0.3) is 5.69 Å². The lowest BCUT2D eigenvalue weighted by molar-refractivity contribution is -0.384. The Morgan fingerprint density at radius 3 is 1.77 bits per heavy atom. The van der Waals surface area contributed by atoms with Crippen molar-refractivity contribution in [2.24, 2.45) is 20.5 Å². The summed E-state index contributed by atoms with van der Waals surface area (Å²) >= 11 is 0. The fraction of sp³-hybridized carbons (Fsp3) is 0.0526. The van der Waals surface area contributed by atoms with E-state index in [4.69, 9.17) is 0 Å². The molecule has 0 unspecified atom stereocenters. The predicted octanol–water partition coefficient (Wildman–Crippen LogP) is 6.16. The molecule has 3 aromatic carbocycles. The third kappa shape index (κ3) is 4.64. The van der Waals surface area contributed by atoms with Gasteiger partial charge >= 0.3 is 0 Å². The molecule has 7 heteroatoms. The molecule has 0 aromatic heterocycles. The van der Waals surface area contributed by atoms with Crippen molar-refractivity contribution in [2.45, 2.75) is 6.17 Å². The second-order valence-corrected chi connectivity index (χ2v) is 5.33. The molecule has 128 valence electrons. The van der Waals surface area contributed by atoms with Crippen LogP contribution in [-0.2, 0) is 0 Å². The third-order valence-electron chi connectivity index (χ3n) is 3.46. The number of benzene rings is 3. The van der Waals surface area contributed by atoms with Crippen LogP contribution in [0.3, 0.4) is 0 Å². The fourth-order valence-electron chi connectivity index (χ4n) is 2.19. The molecule has 0 N–H and O–H groups in total. The molecule has 0 amide bonds. The van der Waals surface area contributed by atoms with Crippen LogP contribution in [0.1, 0.15) is 11.7 Å². The van der Waals surface area contributed by atoms with Gasteiger partial charge in [0.2, 0.25) is 6.17 Å². The van der Waals surface area contributed by atoms with E-state index in [9.17, 15) is 10.1 Å². The summed E-state index contributed by atoms with van der Waals surface area (Å²) in [6, 6.07) is 24.5. The predicted molar refractivity (Wildman–Crippen MR) is 97.8 cm³/mol. The van der Waals surface area contributed by atoms with Crippen LogP contribution in [0.4, 0.5) is 17.1 Å². The van der Waals surface area contributed by atoms with Gasteiger partial charge in [-0.2, -0.15) is 20.5 Å². The van der Waals surface area contributed by atoms with E-state index in [-0.39, 0.29) is 5.69 Å². The number of nitro benzene ring substituents is 1. The zero-order chi connectivity index (χ0) is 18.2. The van der Waals surface area contributed by atoms with E-state index < -0.39 is 11.1 Å². The summed E-state index contributed by atoms with van der Waals surface area (Å²) in [5, 5.41) is 27.8. The van der Waals surface area contributed by atoms with Crippen LogP contribution in [0, 0.1) is 10.1 Å². The third-order valence-corrected chi connectivity index (χ3v) is 3.46. The first-order valence-electron chi connectivity index (χ1n) is 7.88. The molecule has 7 nitrogen and oxygen atoms in total. The molecule has 0 saturated carbocycles. The van der Waals surface area contributed by atoms with Crippen molar-refractivity contribution < 1.29 is 4.92 Å². The maximum Gasteiger partial charge on any atom is 0.269 e. The summed E-state index contributed by atoms with van der Waals surface area (Å²) in [7, 11) is 0. The van der Waals surface area contributed by atoms with Gasteiger partial charge in [-0.25, -0.2) is 0 Å². The largest absolute Gasteiger partial charge is 0.269 e. The molecule has 0 saturated heterocycles. The van der Waals surface area contributed by atoms with Crippen molar-refractivity contribution in [3.63, 3.8) is 0 Å². The Labute approximate surface area is 149 Å². The zero-order valence-corrected chi connectivity index (χ0v) is 13.7. The summed E-state index contributed by atoms with van der Waals surface area (Å²) < 4.78 is 0. The van der Waals surface area contributed by atoms with Crippen molar-refractivity contribution in [3.05, 3.63) is 101 Å². The minimum Gasteiger partial charge on any atom is -0.258 e. The Hall–Kier alpha value is -3.74. The van der Waals surface area contributed by atoms with Gasteiger partial charge in [0, 0.05) is 17.7 Å². The van der Waals surface area contributed by atoms with Gasteiger partial charge < -0.3 is 0 Å². The lowest BCUT2D eigenvalue weighted by Crippen LogP contribution is -1.94. The number of hydrogen-bond donors (Lipinski definition) is 0. The van der Waals surface area contributed by atoms with E-state index in [1.165, 1.54) is 12.1 Å². The Kier molecular flexibility index (Phi) is 5.51. The average Bonchev–Trinajstić information content (AvgIpc) is 2.69. The SMILES string of the molecule is O=[N+]([O-])c1cccc(C(N=Nc2ccccc2)N=Nc2ccccc2)c1. The topological polar surface area (TPSA) is 92.6 Å². The average molecular weight is 345 g/mol. The van der Waals surface area contributed by atoms with Crippen LogP contribution in [-0.4, -0.2) is 4.92 Å². The highest BCUT2D eigenvalue weighted by atomic mass is 16.6. The van der Waals surface area contributed by atoms with Crippen LogP contribution in [0.15, 0.2) is 105 Å². The summed E-state index contributed by atoms with van der Waals surface area (Å²) in [4.78, 5) is 10.6. The normalized spacial score (nSPS) is 12.5. The van der Waals surface area contributed by atoms with E-state index in [2.05, 4.69) is 20.5 Å². The maximum atomic E-state index is 11.0. The van der Waals surface area contributed by atoms with E-state index in [1.807, 2.05) is 60.7 Å². The molecule has 0 aliphatic heterocycles. The van der Waals surface area contributed by atoms with Crippen LogP contribution in [0.25, 0.3) is 0 Å². The van der Waals surface area contributed by atoms with Crippen molar-refractivity contribution in [3.8, 4) is 0 Å². The maximum absolute atomic E-state index is 11.0. The van der Waals surface area contributed by atoms with E-state index in [0.29, 0.717) is 16.9 Å². The van der Waals surface area contributed by atoms with Gasteiger partial charge in [0.1, 0.15) is 0 Å². The highest BCUT2D eigenvalue weighted by Crippen LogP contribution is 2.27. The van der Waals surface area contributed by atoms with Gasteiger partial charge in [-0.05, 0) is 24.3 Å². The summed E-state index contributed by atoms with van der Waals surface area (Å²) in [6.45, 7) is 0. The molecular formula is C19H15N5O2. The van der Waals surface area contributed by atoms with E-state index in [1.54, 1.807) is 12.1 Å². The van der Waals surface area contributed by atoms with Crippen molar-refractivity contribution in [1.29, 1.82) is 0 Å². The van der Waals surface area contributed by atoms with Crippen molar-refractivity contribution >= 4 is 17.1 Å². The molecule has 0 aliphatic carbocycles. The minimum atomic E-state index is -0.782. The number of rotatable bonds is 6. The van der Waals surface area contributed by atoms with Gasteiger partial charge in [0.15, 0.2) is 0 Å². The molecule has 0 radical (unpaired) electrons.